The van der Waals surface area contributed by atoms with Gasteiger partial charge >= 0.3 is 0 Å². The molecule has 2 unspecified atom stereocenters. The summed E-state index contributed by atoms with van der Waals surface area (Å²) in [5, 5.41) is 8.70. The summed E-state index contributed by atoms with van der Waals surface area (Å²) in [6.45, 7) is 4.39. The lowest BCUT2D eigenvalue weighted by Crippen LogP contribution is -2.20. The van der Waals surface area contributed by atoms with Gasteiger partial charge in [0.15, 0.2) is 0 Å². The van der Waals surface area contributed by atoms with Crippen molar-refractivity contribution in [1.29, 1.82) is 0 Å². The second-order valence-corrected chi connectivity index (χ2v) is 5.04. The molecule has 0 N–H and O–H groups in total. The largest absolute Gasteiger partial charge is 0.299 e. The van der Waals surface area contributed by atoms with Crippen LogP contribution in [-0.4, -0.2) is 14.8 Å². The molecular weight excluding hydrogens is 222 g/mol. The number of aromatic nitrogens is 3. The van der Waals surface area contributed by atoms with Crippen LogP contribution in [0.25, 0.3) is 0 Å². The van der Waals surface area contributed by atoms with E-state index in [1.807, 2.05) is 0 Å². The van der Waals surface area contributed by atoms with Crippen LogP contribution in [0.1, 0.15) is 57.8 Å². The van der Waals surface area contributed by atoms with Crippen molar-refractivity contribution in [2.45, 2.75) is 58.4 Å². The van der Waals surface area contributed by atoms with Crippen LogP contribution >= 0.6 is 11.6 Å². The highest BCUT2D eigenvalue weighted by molar-refractivity contribution is 6.28. The minimum absolute atomic E-state index is 0.524. The lowest BCUT2D eigenvalue weighted by Gasteiger charge is -2.30. The molecule has 1 heterocycles. The predicted molar refractivity (Wildman–Crippen MR) is 65.7 cm³/mol. The predicted octanol–water partition coefficient (Wildman–Crippen LogP) is 3.64. The molecule has 0 amide bonds. The van der Waals surface area contributed by atoms with Crippen molar-refractivity contribution in [3.63, 3.8) is 0 Å². The van der Waals surface area contributed by atoms with Crippen molar-refractivity contribution in [3.05, 3.63) is 11.1 Å². The fourth-order valence-corrected chi connectivity index (χ4v) is 3.05. The van der Waals surface area contributed by atoms with Crippen LogP contribution in [0, 0.1) is 5.92 Å². The molecule has 4 heteroatoms. The number of halogens is 1. The fraction of sp³-hybridized carbons (Fsp3) is 0.833. The van der Waals surface area contributed by atoms with E-state index in [2.05, 4.69) is 28.6 Å². The van der Waals surface area contributed by atoms with Crippen molar-refractivity contribution in [2.24, 2.45) is 5.92 Å². The van der Waals surface area contributed by atoms with E-state index < -0.39 is 0 Å². The van der Waals surface area contributed by atoms with Crippen LogP contribution in [-0.2, 0) is 6.42 Å². The summed E-state index contributed by atoms with van der Waals surface area (Å²) < 4.78 is 2.16. The molecule has 0 spiro atoms. The average molecular weight is 242 g/mol. The summed E-state index contributed by atoms with van der Waals surface area (Å²) in [7, 11) is 0. The lowest BCUT2D eigenvalue weighted by atomic mass is 9.84. The van der Waals surface area contributed by atoms with E-state index in [0.29, 0.717) is 11.3 Å². The Morgan fingerprint density at radius 3 is 2.81 bits per heavy atom. The van der Waals surface area contributed by atoms with Gasteiger partial charge in [0, 0.05) is 12.5 Å². The summed E-state index contributed by atoms with van der Waals surface area (Å²) in [6, 6.07) is 0.524. The molecule has 3 nitrogen and oxygen atoms in total. The van der Waals surface area contributed by atoms with Crippen LogP contribution in [0.4, 0.5) is 0 Å². The van der Waals surface area contributed by atoms with Gasteiger partial charge in [-0.25, -0.2) is 0 Å². The van der Waals surface area contributed by atoms with E-state index in [4.69, 9.17) is 11.6 Å². The molecule has 1 saturated carbocycles. The van der Waals surface area contributed by atoms with Gasteiger partial charge in [0.2, 0.25) is 5.28 Å². The third kappa shape index (κ3) is 2.24. The Morgan fingerprint density at radius 1 is 1.31 bits per heavy atom. The van der Waals surface area contributed by atoms with Crippen molar-refractivity contribution >= 4 is 11.6 Å². The van der Waals surface area contributed by atoms with E-state index in [0.717, 1.165) is 18.2 Å². The van der Waals surface area contributed by atoms with Gasteiger partial charge in [-0.2, -0.15) is 0 Å². The Kier molecular flexibility index (Phi) is 3.85. The molecule has 0 aliphatic heterocycles. The zero-order valence-electron chi connectivity index (χ0n) is 10.1. The molecule has 0 bridgehead atoms. The minimum atomic E-state index is 0.524. The first kappa shape index (κ1) is 11.9. The number of hydrogen-bond donors (Lipinski definition) is 0. The number of rotatable bonds is 3. The van der Waals surface area contributed by atoms with Gasteiger partial charge in [-0.3, -0.25) is 4.57 Å². The zero-order valence-corrected chi connectivity index (χ0v) is 10.9. The summed E-state index contributed by atoms with van der Waals surface area (Å²) in [5.74, 6) is 1.88. The van der Waals surface area contributed by atoms with Gasteiger partial charge in [0.1, 0.15) is 5.82 Å². The summed E-state index contributed by atoms with van der Waals surface area (Å²) >= 11 is 6.14. The van der Waals surface area contributed by atoms with Crippen LogP contribution in [0.15, 0.2) is 0 Å². The maximum absolute atomic E-state index is 6.14. The Bertz CT molecular complexity index is 348. The highest BCUT2D eigenvalue weighted by Gasteiger charge is 2.25. The van der Waals surface area contributed by atoms with Gasteiger partial charge in [-0.05, 0) is 30.4 Å². The Hall–Kier alpha value is -0.570. The first-order valence-corrected chi connectivity index (χ1v) is 6.73. The SMILES string of the molecule is CCc1nnc(Cl)n1C1CCCC(CC)C1. The summed E-state index contributed by atoms with van der Waals surface area (Å²) in [6.07, 6.45) is 7.32. The van der Waals surface area contributed by atoms with Crippen LogP contribution in [0.2, 0.25) is 5.28 Å². The first-order valence-electron chi connectivity index (χ1n) is 6.35. The first-order chi connectivity index (χ1) is 7.76. The second kappa shape index (κ2) is 5.17. The molecule has 1 aliphatic rings. The Balaban J connectivity index is 2.19. The zero-order chi connectivity index (χ0) is 11.5. The smallest absolute Gasteiger partial charge is 0.225 e. The standard InChI is InChI=1S/C12H20ClN3/c1-3-9-6-5-7-10(8-9)16-11(4-2)14-15-12(16)13/h9-10H,3-8H2,1-2H3. The van der Waals surface area contributed by atoms with Gasteiger partial charge in [-0.15, -0.1) is 10.2 Å². The molecule has 16 heavy (non-hydrogen) atoms. The molecule has 90 valence electrons. The van der Waals surface area contributed by atoms with E-state index in [1.54, 1.807) is 0 Å². The second-order valence-electron chi connectivity index (χ2n) is 4.70. The third-order valence-electron chi connectivity index (χ3n) is 3.74. The van der Waals surface area contributed by atoms with Crippen molar-refractivity contribution in [3.8, 4) is 0 Å². The highest BCUT2D eigenvalue weighted by Crippen LogP contribution is 2.36. The molecule has 0 radical (unpaired) electrons. The fourth-order valence-electron chi connectivity index (χ4n) is 2.77. The van der Waals surface area contributed by atoms with Crippen molar-refractivity contribution < 1.29 is 0 Å². The van der Waals surface area contributed by atoms with E-state index >= 15 is 0 Å². The summed E-state index contributed by atoms with van der Waals surface area (Å²) in [5.41, 5.74) is 0. The lowest BCUT2D eigenvalue weighted by molar-refractivity contribution is 0.257. The van der Waals surface area contributed by atoms with E-state index in [1.165, 1.54) is 32.1 Å². The van der Waals surface area contributed by atoms with Gasteiger partial charge in [-0.1, -0.05) is 33.1 Å². The number of hydrogen-bond acceptors (Lipinski definition) is 2. The minimum Gasteiger partial charge on any atom is -0.299 e. The number of nitrogens with zero attached hydrogens (tertiary/aromatic N) is 3. The molecule has 2 atom stereocenters. The van der Waals surface area contributed by atoms with E-state index in [9.17, 15) is 0 Å². The Morgan fingerprint density at radius 2 is 2.12 bits per heavy atom. The molecule has 1 aliphatic carbocycles. The van der Waals surface area contributed by atoms with Gasteiger partial charge in [0.25, 0.3) is 0 Å². The maximum Gasteiger partial charge on any atom is 0.225 e. The molecule has 0 aromatic carbocycles. The normalized spacial score (nSPS) is 25.9. The topological polar surface area (TPSA) is 30.7 Å². The molecule has 0 saturated heterocycles. The molecule has 1 fully saturated rings. The molecule has 1 aromatic rings. The quantitative estimate of drug-likeness (QED) is 0.809. The molecule has 1 aromatic heterocycles. The van der Waals surface area contributed by atoms with Crippen LogP contribution in [0.3, 0.4) is 0 Å². The third-order valence-corrected chi connectivity index (χ3v) is 4.00. The molecular formula is C12H20ClN3. The Labute approximate surface area is 102 Å². The highest BCUT2D eigenvalue weighted by atomic mass is 35.5. The average Bonchev–Trinajstić information content (AvgIpc) is 2.70. The number of aryl methyl sites for hydroxylation is 1. The van der Waals surface area contributed by atoms with E-state index in [-0.39, 0.29) is 0 Å². The molecule has 2 rings (SSSR count). The van der Waals surface area contributed by atoms with Crippen LogP contribution < -0.4 is 0 Å². The van der Waals surface area contributed by atoms with Gasteiger partial charge < -0.3 is 0 Å². The van der Waals surface area contributed by atoms with Crippen molar-refractivity contribution in [1.82, 2.24) is 14.8 Å². The summed E-state index contributed by atoms with van der Waals surface area (Å²) in [4.78, 5) is 0. The van der Waals surface area contributed by atoms with Crippen LogP contribution in [0.5, 0.6) is 0 Å². The van der Waals surface area contributed by atoms with Crippen molar-refractivity contribution in [2.75, 3.05) is 0 Å². The maximum atomic E-state index is 6.14. The monoisotopic (exact) mass is 241 g/mol. The van der Waals surface area contributed by atoms with Gasteiger partial charge in [0.05, 0.1) is 0 Å².